The number of benzene rings is 2. The zero-order valence-corrected chi connectivity index (χ0v) is 14.0. The molecule has 5 nitrogen and oxygen atoms in total. The number of ether oxygens (including phenoxy) is 2. The zero-order chi connectivity index (χ0) is 17.7. The van der Waals surface area contributed by atoms with Crippen LogP contribution in [-0.2, 0) is 16.4 Å². The molecule has 0 heterocycles. The van der Waals surface area contributed by atoms with Gasteiger partial charge in [0, 0.05) is 6.54 Å². The lowest BCUT2D eigenvalue weighted by Crippen LogP contribution is -2.26. The molecule has 0 amide bonds. The summed E-state index contributed by atoms with van der Waals surface area (Å²) in [6.45, 7) is 0.0941. The zero-order valence-electron chi connectivity index (χ0n) is 13.2. The molecule has 24 heavy (non-hydrogen) atoms. The fraction of sp³-hybridized carbons (Fsp3) is 0.250. The number of halogens is 2. The summed E-state index contributed by atoms with van der Waals surface area (Å²) in [7, 11) is -0.882. The summed E-state index contributed by atoms with van der Waals surface area (Å²) >= 11 is 0. The molecule has 0 aliphatic heterocycles. The molecule has 0 aromatic heterocycles. The first-order valence-corrected chi connectivity index (χ1v) is 8.51. The molecule has 0 saturated heterocycles. The quantitative estimate of drug-likeness (QED) is 0.827. The molecule has 0 saturated carbocycles. The van der Waals surface area contributed by atoms with E-state index in [0.717, 1.165) is 17.7 Å². The van der Waals surface area contributed by atoms with E-state index in [0.29, 0.717) is 24.0 Å². The van der Waals surface area contributed by atoms with Crippen LogP contribution in [0.5, 0.6) is 11.5 Å². The highest BCUT2D eigenvalue weighted by atomic mass is 32.2. The summed E-state index contributed by atoms with van der Waals surface area (Å²) in [5, 5.41) is 0. The second-order valence-electron chi connectivity index (χ2n) is 4.91. The van der Waals surface area contributed by atoms with Gasteiger partial charge in [-0.3, -0.25) is 0 Å². The molecule has 0 bridgehead atoms. The lowest BCUT2D eigenvalue weighted by molar-refractivity contribution is 0.354. The minimum atomic E-state index is -3.91. The summed E-state index contributed by atoms with van der Waals surface area (Å²) in [6.07, 6.45) is 0.392. The molecule has 2 aromatic carbocycles. The normalized spacial score (nSPS) is 11.3. The smallest absolute Gasteiger partial charge is 0.240 e. The standard InChI is InChI=1S/C16H17F2NO4S/c1-22-15-6-3-11(9-16(15)23-2)7-8-19-24(20,21)12-4-5-13(17)14(18)10-12/h3-6,9-10,19H,7-8H2,1-2H3. The predicted molar refractivity (Wildman–Crippen MR) is 84.8 cm³/mol. The van der Waals surface area contributed by atoms with Crippen molar-refractivity contribution in [3.63, 3.8) is 0 Å². The maximum absolute atomic E-state index is 13.2. The Morgan fingerprint density at radius 2 is 1.67 bits per heavy atom. The minimum Gasteiger partial charge on any atom is -0.493 e. The van der Waals surface area contributed by atoms with E-state index in [-0.39, 0.29) is 11.4 Å². The van der Waals surface area contributed by atoms with E-state index in [1.807, 2.05) is 0 Å². The number of methoxy groups -OCH3 is 2. The monoisotopic (exact) mass is 357 g/mol. The Hall–Kier alpha value is -2.19. The highest BCUT2D eigenvalue weighted by Gasteiger charge is 2.16. The van der Waals surface area contributed by atoms with E-state index < -0.39 is 21.7 Å². The van der Waals surface area contributed by atoms with Crippen molar-refractivity contribution in [2.75, 3.05) is 20.8 Å². The molecule has 0 aliphatic rings. The third-order valence-corrected chi connectivity index (χ3v) is 4.81. The van der Waals surface area contributed by atoms with Gasteiger partial charge in [-0.1, -0.05) is 6.07 Å². The van der Waals surface area contributed by atoms with Crippen LogP contribution >= 0.6 is 0 Å². The topological polar surface area (TPSA) is 64.6 Å². The van der Waals surface area contributed by atoms with Gasteiger partial charge in [0.05, 0.1) is 19.1 Å². The van der Waals surface area contributed by atoms with E-state index >= 15 is 0 Å². The van der Waals surface area contributed by atoms with Crippen molar-refractivity contribution in [2.24, 2.45) is 0 Å². The van der Waals surface area contributed by atoms with Crippen molar-refractivity contribution < 1.29 is 26.7 Å². The molecule has 0 spiro atoms. The van der Waals surface area contributed by atoms with Crippen LogP contribution in [0.4, 0.5) is 8.78 Å². The first kappa shape index (κ1) is 18.2. The predicted octanol–water partition coefficient (Wildman–Crippen LogP) is 2.50. The molecule has 1 N–H and O–H groups in total. The molecular formula is C16H17F2NO4S. The molecule has 2 rings (SSSR count). The molecule has 2 aromatic rings. The van der Waals surface area contributed by atoms with E-state index in [9.17, 15) is 17.2 Å². The van der Waals surface area contributed by atoms with Crippen LogP contribution in [0.3, 0.4) is 0 Å². The molecule has 8 heteroatoms. The Balaban J connectivity index is 2.04. The largest absolute Gasteiger partial charge is 0.493 e. The van der Waals surface area contributed by atoms with Gasteiger partial charge in [0.1, 0.15) is 0 Å². The van der Waals surface area contributed by atoms with Crippen LogP contribution < -0.4 is 14.2 Å². The second-order valence-corrected chi connectivity index (χ2v) is 6.68. The Bertz CT molecular complexity index is 825. The summed E-state index contributed by atoms with van der Waals surface area (Å²) in [5.74, 6) is -1.20. The van der Waals surface area contributed by atoms with Crippen molar-refractivity contribution in [1.29, 1.82) is 0 Å². The Morgan fingerprint density at radius 3 is 2.29 bits per heavy atom. The van der Waals surface area contributed by atoms with Gasteiger partial charge < -0.3 is 9.47 Å². The second kappa shape index (κ2) is 7.59. The van der Waals surface area contributed by atoms with Crippen LogP contribution in [0.25, 0.3) is 0 Å². The highest BCUT2D eigenvalue weighted by Crippen LogP contribution is 2.27. The van der Waals surface area contributed by atoms with E-state index in [2.05, 4.69) is 4.72 Å². The molecule has 0 radical (unpaired) electrons. The average Bonchev–Trinajstić information content (AvgIpc) is 2.56. The lowest BCUT2D eigenvalue weighted by atomic mass is 10.1. The summed E-state index contributed by atoms with van der Waals surface area (Å²) in [4.78, 5) is -0.325. The van der Waals surface area contributed by atoms with Crippen molar-refractivity contribution in [2.45, 2.75) is 11.3 Å². The van der Waals surface area contributed by atoms with E-state index in [4.69, 9.17) is 9.47 Å². The average molecular weight is 357 g/mol. The minimum absolute atomic E-state index is 0.0941. The number of hydrogen-bond donors (Lipinski definition) is 1. The van der Waals surface area contributed by atoms with Gasteiger partial charge in [-0.2, -0.15) is 0 Å². The van der Waals surface area contributed by atoms with Gasteiger partial charge in [-0.25, -0.2) is 21.9 Å². The lowest BCUT2D eigenvalue weighted by Gasteiger charge is -2.10. The van der Waals surface area contributed by atoms with Gasteiger partial charge in [-0.15, -0.1) is 0 Å². The van der Waals surface area contributed by atoms with Crippen molar-refractivity contribution in [1.82, 2.24) is 4.72 Å². The molecular weight excluding hydrogens is 340 g/mol. The van der Waals surface area contributed by atoms with Gasteiger partial charge in [0.25, 0.3) is 0 Å². The van der Waals surface area contributed by atoms with Crippen LogP contribution in [0.15, 0.2) is 41.3 Å². The molecule has 0 aliphatic carbocycles. The molecule has 0 atom stereocenters. The number of nitrogens with one attached hydrogen (secondary N) is 1. The van der Waals surface area contributed by atoms with Gasteiger partial charge in [-0.05, 0) is 42.3 Å². The van der Waals surface area contributed by atoms with Crippen molar-refractivity contribution in [3.05, 3.63) is 53.6 Å². The van der Waals surface area contributed by atoms with Crippen LogP contribution in [-0.4, -0.2) is 29.2 Å². The maximum atomic E-state index is 13.2. The highest BCUT2D eigenvalue weighted by molar-refractivity contribution is 7.89. The summed E-state index contributed by atoms with van der Waals surface area (Å²) in [6, 6.07) is 7.68. The first-order valence-electron chi connectivity index (χ1n) is 7.03. The van der Waals surface area contributed by atoms with Crippen LogP contribution in [0.2, 0.25) is 0 Å². The van der Waals surface area contributed by atoms with Crippen LogP contribution in [0.1, 0.15) is 5.56 Å². The van der Waals surface area contributed by atoms with Crippen molar-refractivity contribution in [3.8, 4) is 11.5 Å². The number of rotatable bonds is 7. The fourth-order valence-corrected chi connectivity index (χ4v) is 3.14. The van der Waals surface area contributed by atoms with E-state index in [1.54, 1.807) is 18.2 Å². The van der Waals surface area contributed by atoms with Gasteiger partial charge >= 0.3 is 0 Å². The SMILES string of the molecule is COc1ccc(CCNS(=O)(=O)c2ccc(F)c(F)c2)cc1OC. The fourth-order valence-electron chi connectivity index (χ4n) is 2.09. The number of hydrogen-bond acceptors (Lipinski definition) is 4. The molecule has 0 unspecified atom stereocenters. The Labute approximate surface area is 139 Å². The van der Waals surface area contributed by atoms with E-state index in [1.165, 1.54) is 14.2 Å². The van der Waals surface area contributed by atoms with Gasteiger partial charge in [0.2, 0.25) is 10.0 Å². The molecule has 0 fully saturated rings. The maximum Gasteiger partial charge on any atom is 0.240 e. The van der Waals surface area contributed by atoms with Crippen LogP contribution in [0, 0.1) is 11.6 Å². The third-order valence-electron chi connectivity index (χ3n) is 3.36. The third kappa shape index (κ3) is 4.21. The Morgan fingerprint density at radius 1 is 0.958 bits per heavy atom. The molecule has 130 valence electrons. The van der Waals surface area contributed by atoms with Gasteiger partial charge in [0.15, 0.2) is 23.1 Å². The first-order chi connectivity index (χ1) is 11.4. The number of sulfonamides is 1. The summed E-state index contributed by atoms with van der Waals surface area (Å²) in [5.41, 5.74) is 0.834. The summed E-state index contributed by atoms with van der Waals surface area (Å²) < 4.78 is 62.8. The van der Waals surface area contributed by atoms with Crippen molar-refractivity contribution >= 4 is 10.0 Å². The Kier molecular flexibility index (Phi) is 5.74.